The normalized spacial score (nSPS) is 15.2. The minimum absolute atomic E-state index is 0.451. The van der Waals surface area contributed by atoms with Crippen molar-refractivity contribution in [3.8, 4) is 5.82 Å². The third-order valence-electron chi connectivity index (χ3n) is 4.75. The lowest BCUT2D eigenvalue weighted by Gasteiger charge is -2.37. The minimum atomic E-state index is 0.451. The molecule has 3 aromatic rings. The van der Waals surface area contributed by atoms with Crippen molar-refractivity contribution in [3.63, 3.8) is 0 Å². The molecule has 0 spiro atoms. The van der Waals surface area contributed by atoms with Crippen molar-refractivity contribution in [3.05, 3.63) is 43.1 Å². The van der Waals surface area contributed by atoms with Crippen LogP contribution in [0.4, 0.5) is 11.6 Å². The molecule has 1 saturated heterocycles. The van der Waals surface area contributed by atoms with Crippen molar-refractivity contribution in [2.45, 2.75) is 25.8 Å². The summed E-state index contributed by atoms with van der Waals surface area (Å²) < 4.78 is 1.62. The number of aromatic nitrogens is 7. The van der Waals surface area contributed by atoms with E-state index in [1.54, 1.807) is 29.7 Å². The van der Waals surface area contributed by atoms with Crippen LogP contribution in [0.25, 0.3) is 5.82 Å². The first-order valence-corrected chi connectivity index (χ1v) is 8.64. The highest BCUT2D eigenvalue weighted by Crippen LogP contribution is 2.23. The van der Waals surface area contributed by atoms with Crippen molar-refractivity contribution < 1.29 is 0 Å². The lowest BCUT2D eigenvalue weighted by molar-refractivity contribution is 0.477. The van der Waals surface area contributed by atoms with Gasteiger partial charge in [-0.3, -0.25) is 4.98 Å². The molecule has 1 fully saturated rings. The number of hydrogen-bond donors (Lipinski definition) is 0. The van der Waals surface area contributed by atoms with E-state index in [1.165, 1.54) is 6.33 Å². The van der Waals surface area contributed by atoms with E-state index in [2.05, 4.69) is 46.9 Å². The quantitative estimate of drug-likeness (QED) is 0.694. The topological polar surface area (TPSA) is 88.8 Å². The van der Waals surface area contributed by atoms with Gasteiger partial charge < -0.3 is 9.80 Å². The van der Waals surface area contributed by atoms with Crippen molar-refractivity contribution in [1.29, 1.82) is 0 Å². The van der Waals surface area contributed by atoms with E-state index < -0.39 is 0 Å². The molecule has 4 rings (SSSR count). The largest absolute Gasteiger partial charge is 0.356 e. The molecule has 0 saturated carbocycles. The molecular weight excluding hydrogens is 330 g/mol. The van der Waals surface area contributed by atoms with Gasteiger partial charge in [0.05, 0.1) is 12.4 Å². The van der Waals surface area contributed by atoms with Gasteiger partial charge in [-0.1, -0.05) is 0 Å². The Morgan fingerprint density at radius 2 is 1.85 bits per heavy atom. The number of anilines is 2. The molecule has 0 aliphatic carbocycles. The van der Waals surface area contributed by atoms with E-state index in [0.29, 0.717) is 11.9 Å². The molecule has 0 aromatic carbocycles. The molecule has 9 nitrogen and oxygen atoms in total. The molecule has 0 bridgehead atoms. The monoisotopic (exact) mass is 351 g/mol. The summed E-state index contributed by atoms with van der Waals surface area (Å²) >= 11 is 0. The van der Waals surface area contributed by atoms with Crippen LogP contribution in [0.1, 0.15) is 18.5 Å². The van der Waals surface area contributed by atoms with Crippen LogP contribution in [0, 0.1) is 6.92 Å². The molecule has 4 heterocycles. The molecule has 0 unspecified atom stereocenters. The zero-order valence-corrected chi connectivity index (χ0v) is 14.9. The first kappa shape index (κ1) is 16.4. The Kier molecular flexibility index (Phi) is 4.42. The van der Waals surface area contributed by atoms with Gasteiger partial charge in [0, 0.05) is 37.9 Å². The van der Waals surface area contributed by atoms with Crippen LogP contribution >= 0.6 is 0 Å². The van der Waals surface area contributed by atoms with Gasteiger partial charge in [0.2, 0.25) is 0 Å². The van der Waals surface area contributed by atoms with E-state index in [0.717, 1.165) is 43.3 Å². The highest BCUT2D eigenvalue weighted by atomic mass is 15.4. The maximum Gasteiger partial charge on any atom is 0.175 e. The van der Waals surface area contributed by atoms with Crippen LogP contribution in [0.5, 0.6) is 0 Å². The molecule has 1 aliphatic heterocycles. The van der Waals surface area contributed by atoms with Crippen LogP contribution in [-0.2, 0) is 0 Å². The summed E-state index contributed by atoms with van der Waals surface area (Å²) in [5.41, 5.74) is 0.986. The molecule has 134 valence electrons. The van der Waals surface area contributed by atoms with Gasteiger partial charge in [0.25, 0.3) is 0 Å². The lowest BCUT2D eigenvalue weighted by Crippen LogP contribution is -2.44. The second-order valence-electron chi connectivity index (χ2n) is 6.42. The van der Waals surface area contributed by atoms with Crippen LogP contribution in [0.2, 0.25) is 0 Å². The zero-order valence-electron chi connectivity index (χ0n) is 14.9. The van der Waals surface area contributed by atoms with Gasteiger partial charge in [-0.15, -0.1) is 0 Å². The SMILES string of the molecule is Cc1cc(N(C)C2CCN(c3cncc(-n4cncn4)n3)CC2)ncn1. The molecule has 0 atom stereocenters. The summed E-state index contributed by atoms with van der Waals surface area (Å²) in [5, 5.41) is 4.11. The number of rotatable bonds is 4. The van der Waals surface area contributed by atoms with Crippen molar-refractivity contribution >= 4 is 11.6 Å². The molecule has 0 N–H and O–H groups in total. The fraction of sp³-hybridized carbons (Fsp3) is 0.412. The first-order valence-electron chi connectivity index (χ1n) is 8.64. The first-order chi connectivity index (χ1) is 12.7. The predicted molar refractivity (Wildman–Crippen MR) is 97.4 cm³/mol. The van der Waals surface area contributed by atoms with E-state index in [1.807, 2.05) is 13.0 Å². The summed E-state index contributed by atoms with van der Waals surface area (Å²) in [6.07, 6.45) is 10.3. The molecule has 26 heavy (non-hydrogen) atoms. The van der Waals surface area contributed by atoms with Gasteiger partial charge in [-0.2, -0.15) is 5.10 Å². The third kappa shape index (κ3) is 3.32. The van der Waals surface area contributed by atoms with E-state index >= 15 is 0 Å². The van der Waals surface area contributed by atoms with Gasteiger partial charge in [-0.25, -0.2) is 24.6 Å². The van der Waals surface area contributed by atoms with Crippen LogP contribution in [-0.4, -0.2) is 60.9 Å². The standard InChI is InChI=1S/C17H21N9/c1-13-7-15(21-11-20-13)24(2)14-3-5-25(6-4-14)16-8-18-9-17(23-16)26-12-19-10-22-26/h7-12,14H,3-6H2,1-2H3. The number of aryl methyl sites for hydroxylation is 1. The van der Waals surface area contributed by atoms with E-state index in [4.69, 9.17) is 0 Å². The average molecular weight is 351 g/mol. The van der Waals surface area contributed by atoms with Gasteiger partial charge >= 0.3 is 0 Å². The zero-order chi connectivity index (χ0) is 17.9. The van der Waals surface area contributed by atoms with Crippen molar-refractivity contribution in [2.75, 3.05) is 29.9 Å². The second kappa shape index (κ2) is 7.03. The Labute approximate surface area is 151 Å². The smallest absolute Gasteiger partial charge is 0.175 e. The fourth-order valence-corrected chi connectivity index (χ4v) is 3.24. The Morgan fingerprint density at radius 1 is 1.04 bits per heavy atom. The maximum atomic E-state index is 4.67. The van der Waals surface area contributed by atoms with Crippen molar-refractivity contribution in [2.24, 2.45) is 0 Å². The summed E-state index contributed by atoms with van der Waals surface area (Å²) in [6, 6.07) is 2.48. The highest BCUT2D eigenvalue weighted by Gasteiger charge is 2.24. The molecule has 9 heteroatoms. The van der Waals surface area contributed by atoms with Crippen LogP contribution in [0.15, 0.2) is 37.4 Å². The highest BCUT2D eigenvalue weighted by molar-refractivity contribution is 5.42. The molecule has 3 aromatic heterocycles. The second-order valence-corrected chi connectivity index (χ2v) is 6.42. The fourth-order valence-electron chi connectivity index (χ4n) is 3.24. The summed E-state index contributed by atoms with van der Waals surface area (Å²) in [5.74, 6) is 2.52. The minimum Gasteiger partial charge on any atom is -0.356 e. The lowest BCUT2D eigenvalue weighted by atomic mass is 10.0. The number of hydrogen-bond acceptors (Lipinski definition) is 8. The van der Waals surface area contributed by atoms with Crippen molar-refractivity contribution in [1.82, 2.24) is 34.7 Å². The van der Waals surface area contributed by atoms with Gasteiger partial charge in [-0.05, 0) is 19.8 Å². The summed E-state index contributed by atoms with van der Waals surface area (Å²) in [7, 11) is 2.10. The molecular formula is C17H21N9. The van der Waals surface area contributed by atoms with Crippen LogP contribution < -0.4 is 9.80 Å². The Hall–Kier alpha value is -3.10. The van der Waals surface area contributed by atoms with E-state index in [-0.39, 0.29) is 0 Å². The van der Waals surface area contributed by atoms with E-state index in [9.17, 15) is 0 Å². The van der Waals surface area contributed by atoms with Gasteiger partial charge in [0.1, 0.15) is 30.6 Å². The molecule has 0 amide bonds. The predicted octanol–water partition coefficient (Wildman–Crippen LogP) is 1.26. The molecule has 0 radical (unpaired) electrons. The Bertz CT molecular complexity index is 856. The number of piperidine rings is 1. The number of nitrogens with zero attached hydrogens (tertiary/aromatic N) is 9. The van der Waals surface area contributed by atoms with Gasteiger partial charge in [0.15, 0.2) is 5.82 Å². The Balaban J connectivity index is 1.43. The average Bonchev–Trinajstić information content (AvgIpc) is 3.23. The van der Waals surface area contributed by atoms with Crippen LogP contribution in [0.3, 0.4) is 0 Å². The molecule has 1 aliphatic rings. The third-order valence-corrected chi connectivity index (χ3v) is 4.75. The Morgan fingerprint density at radius 3 is 2.58 bits per heavy atom. The maximum absolute atomic E-state index is 4.67. The summed E-state index contributed by atoms with van der Waals surface area (Å²) in [4.78, 5) is 26.0. The summed E-state index contributed by atoms with van der Waals surface area (Å²) in [6.45, 7) is 3.84.